The van der Waals surface area contributed by atoms with E-state index in [9.17, 15) is 18.0 Å². The Morgan fingerprint density at radius 1 is 1.03 bits per heavy atom. The summed E-state index contributed by atoms with van der Waals surface area (Å²) in [4.78, 5) is 26.1. The van der Waals surface area contributed by atoms with Gasteiger partial charge in [-0.1, -0.05) is 36.7 Å². The van der Waals surface area contributed by atoms with Gasteiger partial charge >= 0.3 is 6.18 Å². The number of aromatic nitrogens is 2. The van der Waals surface area contributed by atoms with E-state index in [1.807, 2.05) is 13.8 Å². The highest BCUT2D eigenvalue weighted by Gasteiger charge is 2.30. The van der Waals surface area contributed by atoms with Crippen molar-refractivity contribution < 1.29 is 18.0 Å². The van der Waals surface area contributed by atoms with Crippen LogP contribution in [0.5, 0.6) is 0 Å². The minimum Gasteiger partial charge on any atom is -0.353 e. The van der Waals surface area contributed by atoms with Crippen LogP contribution in [0.1, 0.15) is 34.1 Å². The molecule has 1 aromatic heterocycles. The Morgan fingerprint density at radius 3 is 2.29 bits per heavy atom. The second kappa shape index (κ2) is 9.62. The number of amides is 1. The summed E-state index contributed by atoms with van der Waals surface area (Å²) in [6.07, 6.45) is -3.68. The van der Waals surface area contributed by atoms with Gasteiger partial charge < -0.3 is 9.80 Å². The number of nitrogens with zero attached hydrogens (tertiary/aromatic N) is 4. The minimum atomic E-state index is -4.39. The molecule has 0 unspecified atom stereocenters. The van der Waals surface area contributed by atoms with E-state index in [2.05, 4.69) is 9.88 Å². The van der Waals surface area contributed by atoms with Crippen LogP contribution in [0.3, 0.4) is 0 Å². The number of piperazine rings is 1. The first-order valence-electron chi connectivity index (χ1n) is 11.0. The lowest BCUT2D eigenvalue weighted by molar-refractivity contribution is -0.137. The summed E-state index contributed by atoms with van der Waals surface area (Å²) in [5.41, 5.74) is 2.15. The fourth-order valence-electron chi connectivity index (χ4n) is 4.12. The summed E-state index contributed by atoms with van der Waals surface area (Å²) >= 11 is 6.03. The highest BCUT2D eigenvalue weighted by Crippen LogP contribution is 2.32. The monoisotopic (exact) mass is 488 g/mol. The summed E-state index contributed by atoms with van der Waals surface area (Å²) in [6, 6.07) is 11.8. The van der Waals surface area contributed by atoms with Crippen LogP contribution in [0.25, 0.3) is 11.4 Å². The molecule has 1 fully saturated rings. The number of hydrogen-bond donors (Lipinski definition) is 0. The Balaban J connectivity index is 1.56. The van der Waals surface area contributed by atoms with E-state index in [0.29, 0.717) is 48.2 Å². The normalized spacial score (nSPS) is 14.4. The van der Waals surface area contributed by atoms with Crippen molar-refractivity contribution >= 4 is 23.3 Å². The zero-order chi connectivity index (χ0) is 24.5. The van der Waals surface area contributed by atoms with E-state index < -0.39 is 11.7 Å². The van der Waals surface area contributed by atoms with Gasteiger partial charge in [-0.15, -0.1) is 0 Å². The molecule has 0 atom stereocenters. The molecule has 0 aliphatic carbocycles. The molecule has 178 valence electrons. The molecule has 1 aliphatic heterocycles. The predicted octanol–water partition coefficient (Wildman–Crippen LogP) is 5.65. The average Bonchev–Trinajstić information content (AvgIpc) is 2.83. The second-order valence-corrected chi connectivity index (χ2v) is 8.59. The maximum atomic E-state index is 12.9. The molecule has 0 radical (unpaired) electrons. The van der Waals surface area contributed by atoms with Crippen LogP contribution in [0.2, 0.25) is 5.02 Å². The molecular weight excluding hydrogens is 465 g/mol. The standard InChI is InChI=1S/C25H24ClF3N4O/c1-3-21-16(2)30-22(17-7-9-19(10-8-17)25(27,28)29)31-23(21)32-11-13-33(14-12-32)24(34)18-5-4-6-20(26)15-18/h4-10,15H,3,11-14H2,1-2H3. The van der Waals surface area contributed by atoms with Gasteiger partial charge in [0.05, 0.1) is 5.56 Å². The number of halogens is 4. The topological polar surface area (TPSA) is 49.3 Å². The Hall–Kier alpha value is -3.13. The van der Waals surface area contributed by atoms with Gasteiger partial charge in [-0.05, 0) is 43.7 Å². The number of benzene rings is 2. The fraction of sp³-hybridized carbons (Fsp3) is 0.320. The van der Waals surface area contributed by atoms with Gasteiger partial charge in [-0.2, -0.15) is 13.2 Å². The molecule has 1 aliphatic rings. The molecule has 3 aromatic rings. The largest absolute Gasteiger partial charge is 0.416 e. The van der Waals surface area contributed by atoms with Gasteiger partial charge in [0.25, 0.3) is 5.91 Å². The Kier molecular flexibility index (Phi) is 6.79. The van der Waals surface area contributed by atoms with Gasteiger partial charge in [0, 0.05) is 53.6 Å². The van der Waals surface area contributed by atoms with Crippen molar-refractivity contribution in [2.75, 3.05) is 31.1 Å². The van der Waals surface area contributed by atoms with Crippen molar-refractivity contribution in [3.05, 3.63) is 75.9 Å². The van der Waals surface area contributed by atoms with Crippen molar-refractivity contribution in [1.82, 2.24) is 14.9 Å². The SMILES string of the molecule is CCc1c(C)nc(-c2ccc(C(F)(F)F)cc2)nc1N1CCN(C(=O)c2cccc(Cl)c2)CC1. The Bertz CT molecular complexity index is 1190. The molecule has 2 aromatic carbocycles. The second-order valence-electron chi connectivity index (χ2n) is 8.15. The number of carbonyl (C=O) groups excluding carboxylic acids is 1. The molecule has 0 bridgehead atoms. The third-order valence-electron chi connectivity index (χ3n) is 5.95. The van der Waals surface area contributed by atoms with Gasteiger partial charge in [-0.3, -0.25) is 4.79 Å². The molecule has 2 heterocycles. The summed E-state index contributed by atoms with van der Waals surface area (Å²) < 4.78 is 38.8. The van der Waals surface area contributed by atoms with Crippen molar-refractivity contribution in [3.63, 3.8) is 0 Å². The Labute approximate surface area is 201 Å². The third-order valence-corrected chi connectivity index (χ3v) is 6.19. The molecule has 0 N–H and O–H groups in total. The highest BCUT2D eigenvalue weighted by molar-refractivity contribution is 6.30. The molecule has 0 saturated carbocycles. The Morgan fingerprint density at radius 2 is 1.71 bits per heavy atom. The maximum Gasteiger partial charge on any atom is 0.416 e. The van der Waals surface area contributed by atoms with E-state index in [1.165, 1.54) is 12.1 Å². The van der Waals surface area contributed by atoms with Gasteiger partial charge in [0.15, 0.2) is 5.82 Å². The molecule has 0 spiro atoms. The van der Waals surface area contributed by atoms with Gasteiger partial charge in [0.1, 0.15) is 5.82 Å². The van der Waals surface area contributed by atoms with Crippen molar-refractivity contribution in [2.24, 2.45) is 0 Å². The van der Waals surface area contributed by atoms with E-state index in [4.69, 9.17) is 16.6 Å². The van der Waals surface area contributed by atoms with Crippen molar-refractivity contribution in [2.45, 2.75) is 26.4 Å². The minimum absolute atomic E-state index is 0.0674. The first-order chi connectivity index (χ1) is 16.2. The number of anilines is 1. The number of aryl methyl sites for hydroxylation is 1. The van der Waals surface area contributed by atoms with Crippen LogP contribution in [0.15, 0.2) is 48.5 Å². The molecule has 34 heavy (non-hydrogen) atoms. The number of carbonyl (C=O) groups is 1. The van der Waals surface area contributed by atoms with Crippen LogP contribution in [0.4, 0.5) is 19.0 Å². The average molecular weight is 489 g/mol. The van der Waals surface area contributed by atoms with E-state index in [-0.39, 0.29) is 5.91 Å². The highest BCUT2D eigenvalue weighted by atomic mass is 35.5. The number of rotatable bonds is 4. The summed E-state index contributed by atoms with van der Waals surface area (Å²) in [5, 5.41) is 0.518. The number of hydrogen-bond acceptors (Lipinski definition) is 4. The lowest BCUT2D eigenvalue weighted by Crippen LogP contribution is -2.49. The molecule has 1 amide bonds. The van der Waals surface area contributed by atoms with Crippen LogP contribution in [0, 0.1) is 6.92 Å². The fourth-order valence-corrected chi connectivity index (χ4v) is 4.31. The summed E-state index contributed by atoms with van der Waals surface area (Å²) in [6.45, 7) is 6.12. The smallest absolute Gasteiger partial charge is 0.353 e. The molecule has 9 heteroatoms. The lowest BCUT2D eigenvalue weighted by atomic mass is 10.1. The van der Waals surface area contributed by atoms with Crippen LogP contribution in [-0.2, 0) is 12.6 Å². The molecule has 4 rings (SSSR count). The molecule has 5 nitrogen and oxygen atoms in total. The maximum absolute atomic E-state index is 12.9. The predicted molar refractivity (Wildman–Crippen MR) is 126 cm³/mol. The van der Waals surface area contributed by atoms with Crippen LogP contribution in [-0.4, -0.2) is 47.0 Å². The summed E-state index contributed by atoms with van der Waals surface area (Å²) in [5.74, 6) is 1.08. The van der Waals surface area contributed by atoms with Crippen LogP contribution < -0.4 is 4.90 Å². The molecular formula is C25H24ClF3N4O. The third kappa shape index (κ3) is 5.01. The zero-order valence-electron chi connectivity index (χ0n) is 18.9. The van der Waals surface area contributed by atoms with Crippen molar-refractivity contribution in [1.29, 1.82) is 0 Å². The quantitative estimate of drug-likeness (QED) is 0.476. The van der Waals surface area contributed by atoms with Gasteiger partial charge in [0.2, 0.25) is 0 Å². The van der Waals surface area contributed by atoms with E-state index in [0.717, 1.165) is 35.6 Å². The number of alkyl halides is 3. The van der Waals surface area contributed by atoms with E-state index >= 15 is 0 Å². The van der Waals surface area contributed by atoms with Crippen LogP contribution >= 0.6 is 11.6 Å². The lowest BCUT2D eigenvalue weighted by Gasteiger charge is -2.36. The first kappa shape index (κ1) is 24.0. The molecule has 1 saturated heterocycles. The first-order valence-corrected chi connectivity index (χ1v) is 11.4. The summed E-state index contributed by atoms with van der Waals surface area (Å²) in [7, 11) is 0. The van der Waals surface area contributed by atoms with Crippen molar-refractivity contribution in [3.8, 4) is 11.4 Å². The zero-order valence-corrected chi connectivity index (χ0v) is 19.6. The van der Waals surface area contributed by atoms with Gasteiger partial charge in [-0.25, -0.2) is 9.97 Å². The van der Waals surface area contributed by atoms with E-state index in [1.54, 1.807) is 29.2 Å².